The van der Waals surface area contributed by atoms with Gasteiger partial charge in [-0.25, -0.2) is 0 Å². The lowest BCUT2D eigenvalue weighted by Gasteiger charge is -2.24. The van der Waals surface area contributed by atoms with Crippen LogP contribution in [-0.4, -0.2) is 18.0 Å². The van der Waals surface area contributed by atoms with Crippen LogP contribution >= 0.6 is 22.6 Å². The number of benzene rings is 1. The molecule has 1 saturated carbocycles. The molecule has 4 heteroatoms. The fraction of sp³-hybridized carbons (Fsp3) is 0.533. The lowest BCUT2D eigenvalue weighted by Crippen LogP contribution is -2.39. The minimum absolute atomic E-state index is 0.00706. The Bertz CT molecular complexity index is 446. The van der Waals surface area contributed by atoms with Gasteiger partial charge in [-0.1, -0.05) is 12.8 Å². The molecule has 3 rings (SSSR count). The topological polar surface area (TPSA) is 41.1 Å². The summed E-state index contributed by atoms with van der Waals surface area (Å²) in [4.78, 5) is 12.3. The predicted molar refractivity (Wildman–Crippen MR) is 85.1 cm³/mol. The second kappa shape index (κ2) is 5.79. The Morgan fingerprint density at radius 1 is 1.21 bits per heavy atom. The smallest absolute Gasteiger partial charge is 0.241 e. The van der Waals surface area contributed by atoms with Crippen molar-refractivity contribution in [3.8, 4) is 0 Å². The van der Waals surface area contributed by atoms with Crippen molar-refractivity contribution in [3.05, 3.63) is 27.8 Å². The molecule has 1 saturated heterocycles. The molecule has 1 aliphatic carbocycles. The van der Waals surface area contributed by atoms with Crippen LogP contribution in [0.1, 0.15) is 32.1 Å². The van der Waals surface area contributed by atoms with E-state index in [1.807, 2.05) is 24.3 Å². The molecule has 3 nitrogen and oxygen atoms in total. The number of anilines is 1. The highest BCUT2D eigenvalue weighted by Gasteiger charge is 2.38. The number of halogens is 1. The van der Waals surface area contributed by atoms with Gasteiger partial charge in [0.15, 0.2) is 0 Å². The molecule has 0 radical (unpaired) electrons. The zero-order chi connectivity index (χ0) is 13.2. The van der Waals surface area contributed by atoms with Crippen molar-refractivity contribution in [2.75, 3.05) is 5.32 Å². The number of nitrogens with one attached hydrogen (secondary N) is 2. The number of fused-ring (bicyclic) bond motifs is 1. The first-order valence-corrected chi connectivity index (χ1v) is 8.13. The van der Waals surface area contributed by atoms with Gasteiger partial charge in [-0.05, 0) is 72.0 Å². The standard InChI is InChI=1S/C15H19IN2O/c16-11-5-7-12(8-6-11)17-15(19)14-9-10-3-1-2-4-13(10)18-14/h5-8,10,13-14,18H,1-4,9H2,(H,17,19). The van der Waals surface area contributed by atoms with Gasteiger partial charge in [0.2, 0.25) is 5.91 Å². The van der Waals surface area contributed by atoms with Gasteiger partial charge in [-0.2, -0.15) is 0 Å². The average Bonchev–Trinajstić information content (AvgIpc) is 2.85. The monoisotopic (exact) mass is 370 g/mol. The third-order valence-electron chi connectivity index (χ3n) is 4.29. The molecule has 102 valence electrons. The van der Waals surface area contributed by atoms with Crippen LogP contribution in [0.15, 0.2) is 24.3 Å². The molecular formula is C15H19IN2O. The summed E-state index contributed by atoms with van der Waals surface area (Å²) < 4.78 is 1.18. The highest BCUT2D eigenvalue weighted by Crippen LogP contribution is 2.33. The predicted octanol–water partition coefficient (Wildman–Crippen LogP) is 3.15. The molecular weight excluding hydrogens is 351 g/mol. The van der Waals surface area contributed by atoms with E-state index >= 15 is 0 Å². The van der Waals surface area contributed by atoms with Crippen molar-refractivity contribution in [2.24, 2.45) is 5.92 Å². The molecule has 0 spiro atoms. The maximum absolute atomic E-state index is 12.3. The lowest BCUT2D eigenvalue weighted by molar-refractivity contribution is -0.117. The summed E-state index contributed by atoms with van der Waals surface area (Å²) in [7, 11) is 0. The Hall–Kier alpha value is -0.620. The minimum atomic E-state index is -0.00706. The van der Waals surface area contributed by atoms with Crippen LogP contribution in [0.25, 0.3) is 0 Å². The molecule has 1 aromatic rings. The normalized spacial score (nSPS) is 29.8. The molecule has 1 heterocycles. The van der Waals surface area contributed by atoms with E-state index in [4.69, 9.17) is 0 Å². The molecule has 3 unspecified atom stereocenters. The SMILES string of the molecule is O=C(Nc1ccc(I)cc1)C1CC2CCCCC2N1. The van der Waals surface area contributed by atoms with Gasteiger partial charge < -0.3 is 10.6 Å². The van der Waals surface area contributed by atoms with Crippen molar-refractivity contribution < 1.29 is 4.79 Å². The number of amides is 1. The molecule has 19 heavy (non-hydrogen) atoms. The fourth-order valence-corrected chi connectivity index (χ4v) is 3.64. The third kappa shape index (κ3) is 3.11. The Morgan fingerprint density at radius 2 is 1.95 bits per heavy atom. The third-order valence-corrected chi connectivity index (χ3v) is 5.01. The van der Waals surface area contributed by atoms with Gasteiger partial charge in [0.05, 0.1) is 6.04 Å². The van der Waals surface area contributed by atoms with Gasteiger partial charge in [0.1, 0.15) is 0 Å². The van der Waals surface area contributed by atoms with E-state index in [1.54, 1.807) is 0 Å². The summed E-state index contributed by atoms with van der Waals surface area (Å²) in [6.07, 6.45) is 6.15. The Labute approximate surface area is 127 Å². The van der Waals surface area contributed by atoms with Crippen molar-refractivity contribution in [1.29, 1.82) is 0 Å². The van der Waals surface area contributed by atoms with Crippen molar-refractivity contribution in [1.82, 2.24) is 5.32 Å². The second-order valence-corrected chi connectivity index (χ2v) is 6.85. The maximum Gasteiger partial charge on any atom is 0.241 e. The van der Waals surface area contributed by atoms with Crippen molar-refractivity contribution >= 4 is 34.2 Å². The number of carbonyl (C=O) groups excluding carboxylic acids is 1. The summed E-state index contributed by atoms with van der Waals surface area (Å²) in [5.74, 6) is 0.830. The number of hydrogen-bond donors (Lipinski definition) is 2. The Balaban J connectivity index is 1.60. The number of rotatable bonds is 2. The van der Waals surface area contributed by atoms with E-state index in [0.717, 1.165) is 12.1 Å². The molecule has 0 aromatic heterocycles. The fourth-order valence-electron chi connectivity index (χ4n) is 3.28. The molecule has 1 amide bonds. The molecule has 2 aliphatic rings. The van der Waals surface area contributed by atoms with E-state index in [1.165, 1.54) is 29.3 Å². The highest BCUT2D eigenvalue weighted by atomic mass is 127. The summed E-state index contributed by atoms with van der Waals surface area (Å²) in [6, 6.07) is 8.51. The van der Waals surface area contributed by atoms with Gasteiger partial charge in [-0.3, -0.25) is 4.79 Å². The summed E-state index contributed by atoms with van der Waals surface area (Å²) >= 11 is 2.27. The van der Waals surface area contributed by atoms with Crippen molar-refractivity contribution in [2.45, 2.75) is 44.2 Å². The van der Waals surface area contributed by atoms with E-state index in [0.29, 0.717) is 12.0 Å². The summed E-state index contributed by atoms with van der Waals surface area (Å²) in [5, 5.41) is 6.53. The first-order chi connectivity index (χ1) is 9.22. The van der Waals surface area contributed by atoms with E-state index in [2.05, 4.69) is 33.2 Å². The molecule has 1 aliphatic heterocycles. The van der Waals surface area contributed by atoms with E-state index < -0.39 is 0 Å². The van der Waals surface area contributed by atoms with Crippen molar-refractivity contribution in [3.63, 3.8) is 0 Å². The quantitative estimate of drug-likeness (QED) is 0.786. The number of carbonyl (C=O) groups is 1. The van der Waals surface area contributed by atoms with Crippen LogP contribution in [0.3, 0.4) is 0 Å². The second-order valence-electron chi connectivity index (χ2n) is 5.60. The van der Waals surface area contributed by atoms with Crippen LogP contribution in [0.2, 0.25) is 0 Å². The Kier molecular flexibility index (Phi) is 4.07. The highest BCUT2D eigenvalue weighted by molar-refractivity contribution is 14.1. The van der Waals surface area contributed by atoms with Gasteiger partial charge in [0, 0.05) is 15.3 Å². The van der Waals surface area contributed by atoms with E-state index in [9.17, 15) is 4.79 Å². The maximum atomic E-state index is 12.3. The summed E-state index contributed by atoms with van der Waals surface area (Å²) in [6.45, 7) is 0. The minimum Gasteiger partial charge on any atom is -0.325 e. The van der Waals surface area contributed by atoms with E-state index in [-0.39, 0.29) is 11.9 Å². The first-order valence-electron chi connectivity index (χ1n) is 7.05. The first kappa shape index (κ1) is 13.4. The van der Waals surface area contributed by atoms with Crippen LogP contribution < -0.4 is 10.6 Å². The molecule has 2 N–H and O–H groups in total. The Morgan fingerprint density at radius 3 is 2.68 bits per heavy atom. The molecule has 1 aromatic carbocycles. The van der Waals surface area contributed by atoms with Gasteiger partial charge in [-0.15, -0.1) is 0 Å². The van der Waals surface area contributed by atoms with Crippen LogP contribution in [0, 0.1) is 9.49 Å². The lowest BCUT2D eigenvalue weighted by atomic mass is 9.85. The largest absolute Gasteiger partial charge is 0.325 e. The van der Waals surface area contributed by atoms with Crippen LogP contribution in [0.5, 0.6) is 0 Å². The average molecular weight is 370 g/mol. The summed E-state index contributed by atoms with van der Waals surface area (Å²) in [5.41, 5.74) is 0.891. The van der Waals surface area contributed by atoms with Crippen LogP contribution in [-0.2, 0) is 4.79 Å². The zero-order valence-corrected chi connectivity index (χ0v) is 13.0. The van der Waals surface area contributed by atoms with Gasteiger partial charge in [0.25, 0.3) is 0 Å². The van der Waals surface area contributed by atoms with Gasteiger partial charge >= 0.3 is 0 Å². The molecule has 2 fully saturated rings. The van der Waals surface area contributed by atoms with Crippen LogP contribution in [0.4, 0.5) is 5.69 Å². The zero-order valence-electron chi connectivity index (χ0n) is 10.9. The molecule has 0 bridgehead atoms. The molecule has 3 atom stereocenters. The number of hydrogen-bond acceptors (Lipinski definition) is 2.